The van der Waals surface area contributed by atoms with Crippen molar-refractivity contribution in [3.8, 4) is 5.75 Å². The van der Waals surface area contributed by atoms with Crippen LogP contribution in [0.15, 0.2) is 91.0 Å². The fourth-order valence-corrected chi connectivity index (χ4v) is 11.9. The number of hydrogen-bond acceptors (Lipinski definition) is 10. The molecule has 0 bridgehead atoms. The van der Waals surface area contributed by atoms with E-state index in [1.165, 1.54) is 16.0 Å². The van der Waals surface area contributed by atoms with Gasteiger partial charge < -0.3 is 51.8 Å². The van der Waals surface area contributed by atoms with E-state index >= 15 is 0 Å². The third-order valence-electron chi connectivity index (χ3n) is 16.8. The third-order valence-corrected chi connectivity index (χ3v) is 16.8. The Morgan fingerprint density at radius 2 is 1.19 bits per heavy atom. The molecule has 17 nitrogen and oxygen atoms in total. The minimum absolute atomic E-state index is 0.0691. The molecular formula is C64H85N9O8. The highest BCUT2D eigenvalue weighted by atomic mass is 16.5. The van der Waals surface area contributed by atoms with Gasteiger partial charge in [0, 0.05) is 31.1 Å². The quantitative estimate of drug-likeness (QED) is 0.0592. The van der Waals surface area contributed by atoms with Crippen molar-refractivity contribution in [2.75, 3.05) is 20.6 Å². The summed E-state index contributed by atoms with van der Waals surface area (Å²) >= 11 is 0. The summed E-state index contributed by atoms with van der Waals surface area (Å²) < 4.78 is 6.35. The van der Waals surface area contributed by atoms with Crippen molar-refractivity contribution in [3.05, 3.63) is 136 Å². The minimum atomic E-state index is -0.948. The van der Waals surface area contributed by atoms with Gasteiger partial charge in [-0.25, -0.2) is 0 Å². The van der Waals surface area contributed by atoms with Crippen LogP contribution in [0.5, 0.6) is 5.75 Å². The Balaban J connectivity index is 0.959. The summed E-state index contributed by atoms with van der Waals surface area (Å²) in [5, 5.41) is 21.6. The second kappa shape index (κ2) is 25.8. The Morgan fingerprint density at radius 3 is 1.74 bits per heavy atom. The lowest BCUT2D eigenvalue weighted by atomic mass is 9.83. The molecule has 1 saturated heterocycles. The van der Waals surface area contributed by atoms with Gasteiger partial charge in [-0.1, -0.05) is 115 Å². The van der Waals surface area contributed by atoms with Crippen molar-refractivity contribution in [2.24, 2.45) is 10.8 Å². The van der Waals surface area contributed by atoms with Crippen LogP contribution < -0.4 is 42.0 Å². The molecule has 9 atom stereocenters. The van der Waals surface area contributed by atoms with Gasteiger partial charge in [-0.2, -0.15) is 0 Å². The number of nitrogens with one attached hydrogen (secondary N) is 7. The van der Waals surface area contributed by atoms with E-state index in [0.717, 1.165) is 66.3 Å². The Bertz CT molecular complexity index is 2950. The van der Waals surface area contributed by atoms with E-state index in [9.17, 15) is 33.6 Å². The largest absolute Gasteiger partial charge is 0.489 e. The topological polar surface area (TPSA) is 219 Å². The first kappa shape index (κ1) is 60.0. The van der Waals surface area contributed by atoms with Crippen LogP contribution in [0.25, 0.3) is 0 Å². The Kier molecular flexibility index (Phi) is 19.1. The first-order chi connectivity index (χ1) is 38.6. The molecule has 2 aliphatic heterocycles. The molecule has 434 valence electrons. The number of hydrogen-bond donors (Lipinski definition) is 7. The molecule has 7 amide bonds. The van der Waals surface area contributed by atoms with E-state index in [1.54, 1.807) is 38.1 Å². The summed E-state index contributed by atoms with van der Waals surface area (Å²) in [6.45, 7) is 15.3. The third kappa shape index (κ3) is 14.2. The maximum atomic E-state index is 15.0. The first-order valence-electron chi connectivity index (χ1n) is 29.0. The van der Waals surface area contributed by atoms with E-state index in [4.69, 9.17) is 4.74 Å². The predicted molar refractivity (Wildman–Crippen MR) is 312 cm³/mol. The van der Waals surface area contributed by atoms with Crippen molar-refractivity contribution in [3.63, 3.8) is 0 Å². The monoisotopic (exact) mass is 1110 g/mol. The molecule has 9 unspecified atom stereocenters. The van der Waals surface area contributed by atoms with Crippen molar-refractivity contribution in [1.82, 2.24) is 47.0 Å². The molecule has 81 heavy (non-hydrogen) atoms. The summed E-state index contributed by atoms with van der Waals surface area (Å²) in [5.74, 6) is -1.72. The zero-order chi connectivity index (χ0) is 58.3. The number of fused-ring (bicyclic) bond motifs is 3. The van der Waals surface area contributed by atoms with Gasteiger partial charge in [0.05, 0.1) is 24.2 Å². The fraction of sp³-hybridized carbons (Fsp3) is 0.516. The number of carbonyl (C=O) groups excluding carboxylic acids is 7. The van der Waals surface area contributed by atoms with Crippen molar-refractivity contribution >= 4 is 41.4 Å². The summed E-state index contributed by atoms with van der Waals surface area (Å²) in [6, 6.07) is 23.4. The SMILES string of the molecule is CCC(NC)C(=O)NC(C(=O)N1Cc2cc(OCc3ccc(C(=O)NC4CC(C(=O)NC5CCCc6ccccc65)N(C(=O)C(NC(=O)C(C)NC)C(C)(C)C)C4)cc3)ccc2CC1C(=O)NC1CCCc2ccccc21)C(C)(C)C. The summed E-state index contributed by atoms with van der Waals surface area (Å²) in [7, 11) is 3.39. The highest BCUT2D eigenvalue weighted by molar-refractivity contribution is 5.97. The molecule has 2 aliphatic carbocycles. The molecule has 0 radical (unpaired) electrons. The number of likely N-dealkylation sites (N-methyl/N-ethyl adjacent to an activating group) is 2. The second-order valence-electron chi connectivity index (χ2n) is 24.7. The molecular weight excluding hydrogens is 1020 g/mol. The van der Waals surface area contributed by atoms with Gasteiger partial charge in [-0.05, 0) is 146 Å². The van der Waals surface area contributed by atoms with Gasteiger partial charge >= 0.3 is 0 Å². The van der Waals surface area contributed by atoms with E-state index in [-0.39, 0.29) is 80.1 Å². The van der Waals surface area contributed by atoms with Crippen LogP contribution in [0.2, 0.25) is 0 Å². The Labute approximate surface area is 478 Å². The van der Waals surface area contributed by atoms with Gasteiger partial charge in [0.1, 0.15) is 36.5 Å². The lowest BCUT2D eigenvalue weighted by Crippen LogP contribution is -2.62. The molecule has 2 heterocycles. The van der Waals surface area contributed by atoms with Crippen LogP contribution in [0.4, 0.5) is 0 Å². The number of likely N-dealkylation sites (tertiary alicyclic amines) is 1. The number of ether oxygens (including phenoxy) is 1. The van der Waals surface area contributed by atoms with Crippen LogP contribution in [0.1, 0.15) is 155 Å². The summed E-state index contributed by atoms with van der Waals surface area (Å²) in [4.78, 5) is 102. The molecule has 0 aromatic heterocycles. The Hall–Kier alpha value is -7.11. The van der Waals surface area contributed by atoms with E-state index in [1.807, 2.05) is 109 Å². The van der Waals surface area contributed by atoms with Crippen LogP contribution in [-0.4, -0.2) is 114 Å². The molecule has 4 aromatic carbocycles. The van der Waals surface area contributed by atoms with E-state index in [0.29, 0.717) is 17.7 Å². The highest BCUT2D eigenvalue weighted by Crippen LogP contribution is 2.35. The van der Waals surface area contributed by atoms with E-state index < -0.39 is 59.0 Å². The molecule has 1 fully saturated rings. The van der Waals surface area contributed by atoms with Gasteiger partial charge in [0.15, 0.2) is 0 Å². The van der Waals surface area contributed by atoms with E-state index in [2.05, 4.69) is 55.4 Å². The van der Waals surface area contributed by atoms with Crippen LogP contribution in [0.3, 0.4) is 0 Å². The fourth-order valence-electron chi connectivity index (χ4n) is 11.9. The average molecular weight is 1110 g/mol. The number of carbonyl (C=O) groups is 7. The van der Waals surface area contributed by atoms with Crippen LogP contribution in [0, 0.1) is 10.8 Å². The normalized spacial score (nSPS) is 21.1. The number of nitrogens with zero attached hydrogens (tertiary/aromatic N) is 2. The number of aryl methyl sites for hydroxylation is 2. The molecule has 7 N–H and O–H groups in total. The molecule has 0 saturated carbocycles. The number of amides is 7. The molecule has 8 rings (SSSR count). The number of rotatable bonds is 18. The average Bonchev–Trinajstić information content (AvgIpc) is 4.10. The molecule has 4 aromatic rings. The van der Waals surface area contributed by atoms with Crippen molar-refractivity contribution < 1.29 is 38.3 Å². The summed E-state index contributed by atoms with van der Waals surface area (Å²) in [5.41, 5.74) is 6.10. The lowest BCUT2D eigenvalue weighted by Gasteiger charge is -2.42. The van der Waals surface area contributed by atoms with Crippen LogP contribution in [-0.2, 0) is 61.2 Å². The highest BCUT2D eigenvalue weighted by Gasteiger charge is 2.47. The lowest BCUT2D eigenvalue weighted by molar-refractivity contribution is -0.147. The standard InChI is InChI=1S/C64H85N9O8/c1-11-49(66-10)58(76)71-55(64(6,7)8)61(79)72-35-44-32-46(31-30-43(44)33-52(72)59(77)68-50-24-16-20-40-18-12-14-22-47(40)50)81-37-39-26-28-42(29-27-39)57(75)67-45-34-53(60(78)69-51-25-17-21-41-19-13-15-23-48(41)51)73(36-45)62(80)54(63(3,4)5)70-56(74)38(2)65-9/h12-15,18-19,22-23,26-32,38,45,49-55,65-66H,11,16-17,20-21,24-25,33-37H2,1-10H3,(H,67,75)(H,68,77)(H,69,78)(H,70,74)(H,71,76). The van der Waals surface area contributed by atoms with Gasteiger partial charge in [-0.15, -0.1) is 0 Å². The second-order valence-corrected chi connectivity index (χ2v) is 24.7. The van der Waals surface area contributed by atoms with Crippen LogP contribution >= 0.6 is 0 Å². The van der Waals surface area contributed by atoms with Gasteiger partial charge in [0.2, 0.25) is 35.4 Å². The molecule has 4 aliphatic rings. The van der Waals surface area contributed by atoms with Crippen molar-refractivity contribution in [2.45, 2.75) is 181 Å². The van der Waals surface area contributed by atoms with Gasteiger partial charge in [0.25, 0.3) is 5.91 Å². The zero-order valence-electron chi connectivity index (χ0n) is 49.0. The molecule has 17 heteroatoms. The molecule has 0 spiro atoms. The minimum Gasteiger partial charge on any atom is -0.489 e. The zero-order valence-corrected chi connectivity index (χ0v) is 49.0. The maximum absolute atomic E-state index is 15.0. The van der Waals surface area contributed by atoms with Gasteiger partial charge in [-0.3, -0.25) is 33.6 Å². The predicted octanol–water partition coefficient (Wildman–Crippen LogP) is 6.27. The smallest absolute Gasteiger partial charge is 0.251 e. The number of benzene rings is 4. The first-order valence-corrected chi connectivity index (χ1v) is 29.0. The summed E-state index contributed by atoms with van der Waals surface area (Å²) in [6.07, 6.45) is 6.26. The Morgan fingerprint density at radius 1 is 0.630 bits per heavy atom. The van der Waals surface area contributed by atoms with Crippen molar-refractivity contribution in [1.29, 1.82) is 0 Å². The maximum Gasteiger partial charge on any atom is 0.251 e.